The van der Waals surface area contributed by atoms with E-state index in [0.717, 1.165) is 52.5 Å². The van der Waals surface area contributed by atoms with Gasteiger partial charge in [-0.05, 0) is 68.5 Å². The Kier molecular flexibility index (Phi) is 8.03. The smallest absolute Gasteiger partial charge is 0.360 e. The number of urea groups is 1. The average molecular weight is 606 g/mol. The number of alkyl halides is 3. The summed E-state index contributed by atoms with van der Waals surface area (Å²) in [7, 11) is -4.25. The Morgan fingerprint density at radius 2 is 1.76 bits per heavy atom. The van der Waals surface area contributed by atoms with E-state index in [1.165, 1.54) is 18.7 Å². The fourth-order valence-corrected chi connectivity index (χ4v) is 7.39. The van der Waals surface area contributed by atoms with E-state index in [1.807, 2.05) is 24.3 Å². The van der Waals surface area contributed by atoms with Crippen molar-refractivity contribution in [2.45, 2.75) is 56.3 Å². The zero-order valence-electron chi connectivity index (χ0n) is 22.9. The number of nitrogens with one attached hydrogen (secondary N) is 2. The highest BCUT2D eigenvalue weighted by atomic mass is 32.2. The van der Waals surface area contributed by atoms with Crippen LogP contribution in [0.2, 0.25) is 0 Å². The lowest BCUT2D eigenvalue weighted by molar-refractivity contribution is -0.137. The number of anilines is 1. The van der Waals surface area contributed by atoms with Gasteiger partial charge in [-0.1, -0.05) is 29.4 Å². The monoisotopic (exact) mass is 605 g/mol. The second kappa shape index (κ2) is 11.4. The average Bonchev–Trinajstić information content (AvgIpc) is 3.31. The molecule has 2 aromatic carbocycles. The maximum absolute atomic E-state index is 13.8. The number of carbonyl (C=O) groups is 2. The van der Waals surface area contributed by atoms with Crippen LogP contribution >= 0.6 is 0 Å². The van der Waals surface area contributed by atoms with Crippen LogP contribution in [0.15, 0.2) is 57.9 Å². The summed E-state index contributed by atoms with van der Waals surface area (Å²) >= 11 is 0. The zero-order chi connectivity index (χ0) is 30.2. The number of nitrogens with zero attached hydrogens (tertiary/aromatic N) is 3. The Hall–Kier alpha value is -3.91. The summed E-state index contributed by atoms with van der Waals surface area (Å²) in [4.78, 5) is 28.1. The van der Waals surface area contributed by atoms with Crippen LogP contribution in [0.4, 0.5) is 23.7 Å². The first kappa shape index (κ1) is 29.6. The van der Waals surface area contributed by atoms with Crippen molar-refractivity contribution in [3.05, 3.63) is 76.7 Å². The van der Waals surface area contributed by atoms with E-state index in [9.17, 15) is 31.2 Å². The molecule has 14 heteroatoms. The van der Waals surface area contributed by atoms with Crippen LogP contribution in [0, 0.1) is 13.8 Å². The molecule has 0 bridgehead atoms. The second-order valence-electron chi connectivity index (χ2n) is 10.4. The Morgan fingerprint density at radius 3 is 2.43 bits per heavy atom. The van der Waals surface area contributed by atoms with Crippen LogP contribution in [-0.2, 0) is 27.4 Å². The molecule has 10 nitrogen and oxygen atoms in total. The lowest BCUT2D eigenvalue weighted by Crippen LogP contribution is -2.62. The number of hydrogen-bond donors (Lipinski definition) is 2. The molecule has 1 fully saturated rings. The molecular formula is C28H30F3N5O5S. The molecule has 2 unspecified atom stereocenters. The predicted molar refractivity (Wildman–Crippen MR) is 146 cm³/mol. The Balaban J connectivity index is 1.40. The van der Waals surface area contributed by atoms with E-state index in [2.05, 4.69) is 15.8 Å². The van der Waals surface area contributed by atoms with E-state index in [4.69, 9.17) is 4.52 Å². The first-order chi connectivity index (χ1) is 19.9. The van der Waals surface area contributed by atoms with Crippen LogP contribution < -0.4 is 10.6 Å². The number of aryl methyl sites for hydroxylation is 3. The minimum absolute atomic E-state index is 0.0644. The number of sulfonamides is 1. The summed E-state index contributed by atoms with van der Waals surface area (Å²) in [6.45, 7) is 2.41. The molecule has 2 aliphatic rings. The van der Waals surface area contributed by atoms with Gasteiger partial charge in [-0.15, -0.1) is 0 Å². The first-order valence-corrected chi connectivity index (χ1v) is 14.9. The van der Waals surface area contributed by atoms with Crippen LogP contribution in [0.25, 0.3) is 0 Å². The molecule has 224 valence electrons. The maximum atomic E-state index is 13.8. The Bertz CT molecular complexity index is 1570. The summed E-state index contributed by atoms with van der Waals surface area (Å²) in [6, 6.07) is 9.40. The van der Waals surface area contributed by atoms with Crippen molar-refractivity contribution in [2.75, 3.05) is 25.0 Å². The number of carbonyl (C=O) groups excluding carboxylic acids is 2. The van der Waals surface area contributed by atoms with Crippen LogP contribution in [0.1, 0.15) is 47.0 Å². The standard InChI is InChI=1S/C28H30F3N5O5S/c1-17-25(18(2)41-34-17)42(39,40)36-15-14-35(27(38)32-21-12-10-20(11-13-21)28(29,30)31)16-24(36)26(37)33-23-9-5-7-19-6-3-4-8-22(19)23/h3-4,6,8,10-13,23-24H,5,7,9,14-16H2,1-2H3,(H,32,38)(H,33,37). The number of piperazine rings is 1. The van der Waals surface area contributed by atoms with Gasteiger partial charge in [0.15, 0.2) is 5.76 Å². The van der Waals surface area contributed by atoms with Crippen LogP contribution in [-0.4, -0.2) is 60.4 Å². The summed E-state index contributed by atoms with van der Waals surface area (Å²) in [6.07, 6.45) is -2.14. The van der Waals surface area contributed by atoms with Crippen molar-refractivity contribution in [1.82, 2.24) is 19.7 Å². The van der Waals surface area contributed by atoms with E-state index in [0.29, 0.717) is 6.42 Å². The van der Waals surface area contributed by atoms with Crippen LogP contribution in [0.3, 0.4) is 0 Å². The molecule has 5 rings (SSSR count). The van der Waals surface area contributed by atoms with Gasteiger partial charge in [0, 0.05) is 25.3 Å². The van der Waals surface area contributed by atoms with Gasteiger partial charge in [0.05, 0.1) is 11.6 Å². The molecule has 2 N–H and O–H groups in total. The highest BCUT2D eigenvalue weighted by molar-refractivity contribution is 7.89. The van der Waals surface area contributed by atoms with Gasteiger partial charge >= 0.3 is 12.2 Å². The molecule has 1 aliphatic carbocycles. The van der Waals surface area contributed by atoms with E-state index < -0.39 is 39.7 Å². The molecule has 2 atom stereocenters. The molecule has 0 saturated carbocycles. The highest BCUT2D eigenvalue weighted by Crippen LogP contribution is 2.32. The number of fused-ring (bicyclic) bond motifs is 1. The summed E-state index contributed by atoms with van der Waals surface area (Å²) < 4.78 is 72.6. The zero-order valence-corrected chi connectivity index (χ0v) is 23.8. The van der Waals surface area contributed by atoms with Crippen molar-refractivity contribution in [2.24, 2.45) is 0 Å². The van der Waals surface area contributed by atoms with Gasteiger partial charge in [-0.2, -0.15) is 17.5 Å². The Labute approximate surface area is 240 Å². The van der Waals surface area contributed by atoms with Gasteiger partial charge < -0.3 is 20.1 Å². The molecule has 0 radical (unpaired) electrons. The van der Waals surface area contributed by atoms with Gasteiger partial charge in [-0.3, -0.25) is 4.79 Å². The van der Waals surface area contributed by atoms with Gasteiger partial charge in [-0.25, -0.2) is 13.2 Å². The third-order valence-electron chi connectivity index (χ3n) is 7.61. The number of halogens is 3. The quantitative estimate of drug-likeness (QED) is 0.444. The third-order valence-corrected chi connectivity index (χ3v) is 9.76. The molecule has 1 aliphatic heterocycles. The molecule has 42 heavy (non-hydrogen) atoms. The van der Waals surface area contributed by atoms with Crippen molar-refractivity contribution >= 4 is 27.6 Å². The first-order valence-electron chi connectivity index (χ1n) is 13.4. The van der Waals surface area contributed by atoms with E-state index >= 15 is 0 Å². The molecule has 0 spiro atoms. The summed E-state index contributed by atoms with van der Waals surface area (Å²) in [5.41, 5.74) is 1.48. The maximum Gasteiger partial charge on any atom is 0.416 e. The fraction of sp³-hybridized carbons (Fsp3) is 0.393. The lowest BCUT2D eigenvalue weighted by Gasteiger charge is -2.40. The minimum atomic E-state index is -4.52. The minimum Gasteiger partial charge on any atom is -0.360 e. The SMILES string of the molecule is Cc1noc(C)c1S(=O)(=O)N1CCN(C(=O)Nc2ccc(C(F)(F)F)cc2)CC1C(=O)NC1CCCc2ccccc21. The molecule has 3 aromatic rings. The number of aromatic nitrogens is 1. The number of amides is 3. The molecular weight excluding hydrogens is 575 g/mol. The van der Waals surface area contributed by atoms with E-state index in [1.54, 1.807) is 0 Å². The molecule has 1 aromatic heterocycles. The highest BCUT2D eigenvalue weighted by Gasteiger charge is 2.44. The number of benzene rings is 2. The lowest BCUT2D eigenvalue weighted by atomic mass is 9.87. The topological polar surface area (TPSA) is 125 Å². The van der Waals surface area contributed by atoms with E-state index in [-0.39, 0.29) is 47.7 Å². The summed E-state index contributed by atoms with van der Waals surface area (Å²) in [5.74, 6) is -0.491. The largest absolute Gasteiger partial charge is 0.416 e. The van der Waals surface area contributed by atoms with Crippen molar-refractivity contribution in [3.63, 3.8) is 0 Å². The van der Waals surface area contributed by atoms with Gasteiger partial charge in [0.25, 0.3) is 0 Å². The van der Waals surface area contributed by atoms with Gasteiger partial charge in [0.2, 0.25) is 15.9 Å². The normalized spacial score (nSPS) is 19.7. The van der Waals surface area contributed by atoms with Crippen molar-refractivity contribution in [3.8, 4) is 0 Å². The molecule has 1 saturated heterocycles. The molecule has 3 amide bonds. The van der Waals surface area contributed by atoms with Gasteiger partial charge in [0.1, 0.15) is 16.6 Å². The molecule has 2 heterocycles. The number of rotatable bonds is 5. The third kappa shape index (κ3) is 5.86. The van der Waals surface area contributed by atoms with Crippen molar-refractivity contribution < 1.29 is 35.7 Å². The summed E-state index contributed by atoms with van der Waals surface area (Å²) in [5, 5.41) is 9.29. The Morgan fingerprint density at radius 1 is 1.05 bits per heavy atom. The second-order valence-corrected chi connectivity index (χ2v) is 12.2. The predicted octanol–water partition coefficient (Wildman–Crippen LogP) is 4.41. The fourth-order valence-electron chi connectivity index (χ4n) is 5.53. The number of hydrogen-bond acceptors (Lipinski definition) is 6. The van der Waals surface area contributed by atoms with Crippen LogP contribution in [0.5, 0.6) is 0 Å². The van der Waals surface area contributed by atoms with Crippen molar-refractivity contribution in [1.29, 1.82) is 0 Å².